The first-order valence-electron chi connectivity index (χ1n) is 4.79. The van der Waals surface area contributed by atoms with Gasteiger partial charge >= 0.3 is 0 Å². The molecule has 0 aliphatic carbocycles. The number of rotatable bonds is 4. The average Bonchev–Trinajstić information content (AvgIpc) is 2.18. The van der Waals surface area contributed by atoms with E-state index in [9.17, 15) is 9.18 Å². The van der Waals surface area contributed by atoms with Crippen LogP contribution in [0.3, 0.4) is 0 Å². The molecule has 1 unspecified atom stereocenters. The van der Waals surface area contributed by atoms with Gasteiger partial charge in [-0.2, -0.15) is 12.6 Å². The lowest BCUT2D eigenvalue weighted by atomic mass is 10.1. The van der Waals surface area contributed by atoms with E-state index in [2.05, 4.69) is 17.9 Å². The van der Waals surface area contributed by atoms with Gasteiger partial charge in [0.25, 0.3) is 0 Å². The maximum absolute atomic E-state index is 12.6. The Morgan fingerprint density at radius 1 is 1.47 bits per heavy atom. The summed E-state index contributed by atoms with van der Waals surface area (Å²) in [6, 6.07) is 6.01. The first-order chi connectivity index (χ1) is 7.13. The quantitative estimate of drug-likeness (QED) is 0.759. The molecule has 0 saturated heterocycles. The zero-order chi connectivity index (χ0) is 11.3. The van der Waals surface area contributed by atoms with Gasteiger partial charge in [-0.05, 0) is 30.4 Å². The van der Waals surface area contributed by atoms with Crippen LogP contribution in [0.2, 0.25) is 0 Å². The minimum absolute atomic E-state index is 0.0400. The number of benzene rings is 1. The van der Waals surface area contributed by atoms with Gasteiger partial charge in [0.05, 0.1) is 6.04 Å². The molecule has 0 aliphatic heterocycles. The summed E-state index contributed by atoms with van der Waals surface area (Å²) in [5.74, 6) is 0.219. The van der Waals surface area contributed by atoms with E-state index in [0.29, 0.717) is 12.2 Å². The number of halogens is 1. The molecule has 15 heavy (non-hydrogen) atoms. The van der Waals surface area contributed by atoms with E-state index in [1.54, 1.807) is 12.1 Å². The first-order valence-corrected chi connectivity index (χ1v) is 5.42. The van der Waals surface area contributed by atoms with E-state index in [1.165, 1.54) is 12.1 Å². The van der Waals surface area contributed by atoms with Gasteiger partial charge in [0.15, 0.2) is 0 Å². The molecule has 4 heteroatoms. The van der Waals surface area contributed by atoms with Gasteiger partial charge in [0, 0.05) is 6.42 Å². The van der Waals surface area contributed by atoms with E-state index in [0.717, 1.165) is 5.56 Å². The van der Waals surface area contributed by atoms with Gasteiger partial charge in [-0.25, -0.2) is 4.39 Å². The number of hydrogen-bond acceptors (Lipinski definition) is 2. The lowest BCUT2D eigenvalue weighted by Crippen LogP contribution is -2.26. The molecular formula is C11H14FNOS. The maximum atomic E-state index is 12.6. The second-order valence-electron chi connectivity index (χ2n) is 3.31. The molecule has 82 valence electrons. The lowest BCUT2D eigenvalue weighted by molar-refractivity contribution is -0.121. The third kappa shape index (κ3) is 3.91. The molecule has 0 aliphatic rings. The predicted molar refractivity (Wildman–Crippen MR) is 61.4 cm³/mol. The van der Waals surface area contributed by atoms with E-state index in [1.807, 2.05) is 6.92 Å². The fourth-order valence-electron chi connectivity index (χ4n) is 1.25. The molecule has 1 amide bonds. The average molecular weight is 227 g/mol. The summed E-state index contributed by atoms with van der Waals surface area (Å²) in [4.78, 5) is 11.3. The lowest BCUT2D eigenvalue weighted by Gasteiger charge is -2.13. The van der Waals surface area contributed by atoms with Crippen LogP contribution in [0.1, 0.15) is 24.9 Å². The van der Waals surface area contributed by atoms with Gasteiger partial charge in [-0.3, -0.25) is 4.79 Å². The summed E-state index contributed by atoms with van der Waals surface area (Å²) in [7, 11) is 0. The number of amides is 1. The molecule has 1 N–H and O–H groups in total. The highest BCUT2D eigenvalue weighted by atomic mass is 32.1. The number of nitrogens with one attached hydrogen (secondary N) is 1. The summed E-state index contributed by atoms with van der Waals surface area (Å²) in [5, 5.41) is 2.81. The van der Waals surface area contributed by atoms with Crippen molar-refractivity contribution in [3.63, 3.8) is 0 Å². The van der Waals surface area contributed by atoms with Gasteiger partial charge in [-0.15, -0.1) is 0 Å². The summed E-state index contributed by atoms with van der Waals surface area (Å²) in [6.07, 6.45) is 0.397. The standard InChI is InChI=1S/C11H14FNOS/c1-8(13-11(14)6-7-15)9-2-4-10(12)5-3-9/h2-5,8,15H,6-7H2,1H3,(H,13,14). The Hall–Kier alpha value is -1.03. The highest BCUT2D eigenvalue weighted by Gasteiger charge is 2.08. The Balaban J connectivity index is 2.57. The van der Waals surface area contributed by atoms with Crippen LogP contribution in [-0.2, 0) is 4.79 Å². The van der Waals surface area contributed by atoms with Crippen LogP contribution in [0.4, 0.5) is 4.39 Å². The molecule has 0 radical (unpaired) electrons. The van der Waals surface area contributed by atoms with E-state index < -0.39 is 0 Å². The highest BCUT2D eigenvalue weighted by molar-refractivity contribution is 7.80. The van der Waals surface area contributed by atoms with Crippen molar-refractivity contribution in [2.75, 3.05) is 5.75 Å². The Kier molecular flexibility index (Phi) is 4.62. The number of carbonyl (C=O) groups excluding carboxylic acids is 1. The molecule has 0 spiro atoms. The van der Waals surface area contributed by atoms with Crippen molar-refractivity contribution < 1.29 is 9.18 Å². The van der Waals surface area contributed by atoms with Crippen LogP contribution < -0.4 is 5.32 Å². The largest absolute Gasteiger partial charge is 0.350 e. The SMILES string of the molecule is CC(NC(=O)CCS)c1ccc(F)cc1. The molecule has 1 atom stereocenters. The maximum Gasteiger partial charge on any atom is 0.221 e. The second-order valence-corrected chi connectivity index (χ2v) is 3.76. The van der Waals surface area contributed by atoms with Crippen LogP contribution in [0, 0.1) is 5.82 Å². The van der Waals surface area contributed by atoms with Crippen molar-refractivity contribution in [2.24, 2.45) is 0 Å². The fourth-order valence-corrected chi connectivity index (χ4v) is 1.45. The van der Waals surface area contributed by atoms with Gasteiger partial charge in [0.1, 0.15) is 5.82 Å². The second kappa shape index (κ2) is 5.75. The molecule has 1 rings (SSSR count). The minimum Gasteiger partial charge on any atom is -0.350 e. The van der Waals surface area contributed by atoms with Gasteiger partial charge < -0.3 is 5.32 Å². The molecule has 1 aromatic carbocycles. The Morgan fingerprint density at radius 2 is 2.07 bits per heavy atom. The normalized spacial score (nSPS) is 12.2. The summed E-state index contributed by atoms with van der Waals surface area (Å²) in [6.45, 7) is 1.86. The molecule has 1 aromatic rings. The molecule has 0 bridgehead atoms. The summed E-state index contributed by atoms with van der Waals surface area (Å²) < 4.78 is 12.6. The molecule has 2 nitrogen and oxygen atoms in total. The Morgan fingerprint density at radius 3 is 2.60 bits per heavy atom. The molecule has 0 heterocycles. The minimum atomic E-state index is -0.271. The predicted octanol–water partition coefficient (Wildman–Crippen LogP) is 2.32. The first kappa shape index (κ1) is 12.0. The smallest absolute Gasteiger partial charge is 0.221 e. The number of carbonyl (C=O) groups is 1. The third-order valence-corrected chi connectivity index (χ3v) is 2.31. The highest BCUT2D eigenvalue weighted by Crippen LogP contribution is 2.12. The van der Waals surface area contributed by atoms with Gasteiger partial charge in [0.2, 0.25) is 5.91 Å². The van der Waals surface area contributed by atoms with Gasteiger partial charge in [-0.1, -0.05) is 12.1 Å². The molecule has 0 fully saturated rings. The van der Waals surface area contributed by atoms with Crippen molar-refractivity contribution >= 4 is 18.5 Å². The number of hydrogen-bond donors (Lipinski definition) is 2. The van der Waals surface area contributed by atoms with E-state index >= 15 is 0 Å². The molecular weight excluding hydrogens is 213 g/mol. The van der Waals surface area contributed by atoms with Crippen LogP contribution in [0.15, 0.2) is 24.3 Å². The number of thiol groups is 1. The van der Waals surface area contributed by atoms with Crippen LogP contribution in [0.5, 0.6) is 0 Å². The Labute approximate surface area is 94.3 Å². The zero-order valence-corrected chi connectivity index (χ0v) is 9.43. The van der Waals surface area contributed by atoms with E-state index in [4.69, 9.17) is 0 Å². The monoisotopic (exact) mass is 227 g/mol. The van der Waals surface area contributed by atoms with Crippen LogP contribution >= 0.6 is 12.6 Å². The molecule has 0 aromatic heterocycles. The van der Waals surface area contributed by atoms with Crippen molar-refractivity contribution in [3.8, 4) is 0 Å². The van der Waals surface area contributed by atoms with Crippen molar-refractivity contribution in [1.82, 2.24) is 5.32 Å². The topological polar surface area (TPSA) is 29.1 Å². The zero-order valence-electron chi connectivity index (χ0n) is 8.53. The van der Waals surface area contributed by atoms with Crippen molar-refractivity contribution in [3.05, 3.63) is 35.6 Å². The van der Waals surface area contributed by atoms with Crippen LogP contribution in [0.25, 0.3) is 0 Å². The molecule has 0 saturated carbocycles. The van der Waals surface area contributed by atoms with Crippen molar-refractivity contribution in [2.45, 2.75) is 19.4 Å². The summed E-state index contributed by atoms with van der Waals surface area (Å²) in [5.41, 5.74) is 0.893. The van der Waals surface area contributed by atoms with Crippen molar-refractivity contribution in [1.29, 1.82) is 0 Å². The van der Waals surface area contributed by atoms with Crippen LogP contribution in [-0.4, -0.2) is 11.7 Å². The Bertz CT molecular complexity index is 326. The third-order valence-electron chi connectivity index (χ3n) is 2.09. The van der Waals surface area contributed by atoms with E-state index in [-0.39, 0.29) is 17.8 Å². The fraction of sp³-hybridized carbons (Fsp3) is 0.364. The summed E-state index contributed by atoms with van der Waals surface area (Å²) >= 11 is 3.97.